The number of fused-ring (bicyclic) bond motifs is 1. The lowest BCUT2D eigenvalue weighted by Crippen LogP contribution is -2.36. The van der Waals surface area contributed by atoms with Crippen LogP contribution < -0.4 is 4.90 Å². The second-order valence-corrected chi connectivity index (χ2v) is 6.77. The molecule has 0 N–H and O–H groups in total. The molecule has 0 unspecified atom stereocenters. The first kappa shape index (κ1) is 15.1. The van der Waals surface area contributed by atoms with Crippen LogP contribution in [0.3, 0.4) is 0 Å². The first-order chi connectivity index (χ1) is 11.5. The molecule has 7 heteroatoms. The lowest BCUT2D eigenvalue weighted by Gasteiger charge is -2.24. The van der Waals surface area contributed by atoms with Crippen LogP contribution in [0.5, 0.6) is 0 Å². The topological polar surface area (TPSA) is 88.1 Å². The molecular weight excluding hydrogens is 306 g/mol. The highest BCUT2D eigenvalue weighted by Crippen LogP contribution is 2.45. The fourth-order valence-corrected chi connectivity index (χ4v) is 3.88. The van der Waals surface area contributed by atoms with Gasteiger partial charge in [0.05, 0.1) is 24.2 Å². The fraction of sp³-hybridized carbons (Fsp3) is 0.529. The average molecular weight is 325 g/mol. The summed E-state index contributed by atoms with van der Waals surface area (Å²) in [6, 6.07) is 4.25. The lowest BCUT2D eigenvalue weighted by molar-refractivity contribution is 0.166. The van der Waals surface area contributed by atoms with E-state index in [0.717, 1.165) is 23.6 Å². The number of hydrogen-bond donors (Lipinski definition) is 0. The van der Waals surface area contributed by atoms with E-state index in [1.54, 1.807) is 6.92 Å². The van der Waals surface area contributed by atoms with Gasteiger partial charge in [0.1, 0.15) is 11.9 Å². The van der Waals surface area contributed by atoms with Crippen LogP contribution in [0.4, 0.5) is 5.82 Å². The average Bonchev–Trinajstić information content (AvgIpc) is 3.19. The molecule has 2 fully saturated rings. The summed E-state index contributed by atoms with van der Waals surface area (Å²) in [4.78, 5) is 6.81. The summed E-state index contributed by atoms with van der Waals surface area (Å²) >= 11 is 0. The maximum absolute atomic E-state index is 9.56. The van der Waals surface area contributed by atoms with Crippen LogP contribution >= 0.6 is 0 Å². The van der Waals surface area contributed by atoms with E-state index >= 15 is 0 Å². The highest BCUT2D eigenvalue weighted by Gasteiger charge is 2.56. The molecule has 0 spiro atoms. The Morgan fingerprint density at radius 1 is 1.33 bits per heavy atom. The summed E-state index contributed by atoms with van der Waals surface area (Å²) < 4.78 is 11.5. The maximum Gasteiger partial charge on any atom is 0.227 e. The Balaban J connectivity index is 1.76. The second-order valence-electron chi connectivity index (χ2n) is 6.77. The Kier molecular flexibility index (Phi) is 3.32. The van der Waals surface area contributed by atoms with Crippen molar-refractivity contribution in [3.63, 3.8) is 0 Å². The zero-order valence-electron chi connectivity index (χ0n) is 14.0. The first-order valence-corrected chi connectivity index (χ1v) is 8.05. The van der Waals surface area contributed by atoms with Gasteiger partial charge in [0.15, 0.2) is 0 Å². The smallest absolute Gasteiger partial charge is 0.227 e. The molecule has 24 heavy (non-hydrogen) atoms. The zero-order valence-corrected chi connectivity index (χ0v) is 14.0. The quantitative estimate of drug-likeness (QED) is 0.829. The van der Waals surface area contributed by atoms with E-state index in [2.05, 4.69) is 26.2 Å². The number of pyridine rings is 1. The molecule has 4 rings (SSSR count). The molecule has 0 amide bonds. The molecule has 2 atom stereocenters. The van der Waals surface area contributed by atoms with Crippen molar-refractivity contribution in [2.45, 2.75) is 26.2 Å². The van der Waals surface area contributed by atoms with Gasteiger partial charge in [0.25, 0.3) is 0 Å². The van der Waals surface area contributed by atoms with Crippen LogP contribution in [0.25, 0.3) is 0 Å². The third kappa shape index (κ3) is 2.10. The normalized spacial score (nSPS) is 25.8. The van der Waals surface area contributed by atoms with E-state index in [4.69, 9.17) is 9.15 Å². The molecule has 0 saturated carbocycles. The Labute approximate surface area is 140 Å². The third-order valence-corrected chi connectivity index (χ3v) is 5.06. The highest BCUT2D eigenvalue weighted by atomic mass is 16.5. The van der Waals surface area contributed by atoms with Gasteiger partial charge in [-0.3, -0.25) is 0 Å². The predicted octanol–water partition coefficient (Wildman–Crippen LogP) is 1.67. The van der Waals surface area contributed by atoms with Gasteiger partial charge in [0, 0.05) is 31.6 Å². The molecule has 0 aliphatic carbocycles. The summed E-state index contributed by atoms with van der Waals surface area (Å²) in [7, 11) is 0. The Hall–Kier alpha value is -2.46. The number of rotatable bonds is 2. The molecule has 7 nitrogen and oxygen atoms in total. The van der Waals surface area contributed by atoms with Crippen LogP contribution in [-0.2, 0) is 10.2 Å². The van der Waals surface area contributed by atoms with E-state index in [0.29, 0.717) is 37.1 Å². The number of aromatic nitrogens is 3. The zero-order chi connectivity index (χ0) is 16.9. The molecule has 124 valence electrons. The molecule has 0 radical (unpaired) electrons. The van der Waals surface area contributed by atoms with Gasteiger partial charge in [-0.25, -0.2) is 4.98 Å². The van der Waals surface area contributed by atoms with Gasteiger partial charge in [-0.2, -0.15) is 5.26 Å². The largest absolute Gasteiger partial charge is 0.425 e. The standard InChI is InChI=1S/C17H19N5O2/c1-10-4-11(2)19-15(14(10)5-18)22-6-13-7-23-9-17(13,8-22)16-21-20-12(3)24-16/h4,13H,6-9H2,1-3H3/t13-,17-/m0/s1. The number of aryl methyl sites for hydroxylation is 3. The van der Waals surface area contributed by atoms with Crippen molar-refractivity contribution in [3.8, 4) is 6.07 Å². The molecule has 0 bridgehead atoms. The number of nitrogens with zero attached hydrogens (tertiary/aromatic N) is 5. The van der Waals surface area contributed by atoms with Gasteiger partial charge in [0.2, 0.25) is 11.8 Å². The minimum atomic E-state index is -0.312. The third-order valence-electron chi connectivity index (χ3n) is 5.06. The predicted molar refractivity (Wildman–Crippen MR) is 85.7 cm³/mol. The number of hydrogen-bond acceptors (Lipinski definition) is 7. The minimum absolute atomic E-state index is 0.256. The Bertz CT molecular complexity index is 840. The summed E-state index contributed by atoms with van der Waals surface area (Å²) in [6.45, 7) is 8.36. The molecule has 2 aromatic heterocycles. The van der Waals surface area contributed by atoms with Crippen LogP contribution in [0.2, 0.25) is 0 Å². The van der Waals surface area contributed by atoms with E-state index in [9.17, 15) is 5.26 Å². The molecular formula is C17H19N5O2. The van der Waals surface area contributed by atoms with Crippen molar-refractivity contribution < 1.29 is 9.15 Å². The monoisotopic (exact) mass is 325 g/mol. The maximum atomic E-state index is 9.56. The van der Waals surface area contributed by atoms with Crippen molar-refractivity contribution >= 4 is 5.82 Å². The van der Waals surface area contributed by atoms with Crippen LogP contribution in [0.1, 0.15) is 28.6 Å². The van der Waals surface area contributed by atoms with E-state index in [-0.39, 0.29) is 11.3 Å². The lowest BCUT2D eigenvalue weighted by atomic mass is 9.81. The minimum Gasteiger partial charge on any atom is -0.425 e. The van der Waals surface area contributed by atoms with Crippen LogP contribution in [0.15, 0.2) is 10.5 Å². The van der Waals surface area contributed by atoms with Crippen LogP contribution in [-0.4, -0.2) is 41.5 Å². The van der Waals surface area contributed by atoms with Gasteiger partial charge in [-0.1, -0.05) is 0 Å². The molecule has 4 heterocycles. The molecule has 2 aromatic rings. The van der Waals surface area contributed by atoms with Gasteiger partial charge in [-0.15, -0.1) is 10.2 Å². The second kappa shape index (κ2) is 5.28. The van der Waals surface area contributed by atoms with Crippen molar-refractivity contribution in [1.82, 2.24) is 15.2 Å². The van der Waals surface area contributed by atoms with Crippen molar-refractivity contribution in [3.05, 3.63) is 34.7 Å². The number of anilines is 1. The summed E-state index contributed by atoms with van der Waals surface area (Å²) in [5, 5.41) is 17.8. The summed E-state index contributed by atoms with van der Waals surface area (Å²) in [5.41, 5.74) is 2.19. The van der Waals surface area contributed by atoms with Gasteiger partial charge >= 0.3 is 0 Å². The Morgan fingerprint density at radius 3 is 2.88 bits per heavy atom. The van der Waals surface area contributed by atoms with Crippen molar-refractivity contribution in [2.75, 3.05) is 31.2 Å². The van der Waals surface area contributed by atoms with Crippen molar-refractivity contribution in [1.29, 1.82) is 5.26 Å². The molecule has 2 aliphatic heterocycles. The van der Waals surface area contributed by atoms with E-state index in [1.807, 2.05) is 19.9 Å². The van der Waals surface area contributed by atoms with E-state index < -0.39 is 0 Å². The molecule has 0 aromatic carbocycles. The summed E-state index contributed by atoms with van der Waals surface area (Å²) in [6.07, 6.45) is 0. The number of ether oxygens (including phenoxy) is 1. The number of nitriles is 1. The van der Waals surface area contributed by atoms with Crippen molar-refractivity contribution in [2.24, 2.45) is 5.92 Å². The SMILES string of the molecule is Cc1cc(C)c(C#N)c(N2C[C@H]3COC[C@@]3(c3nnc(C)o3)C2)n1. The van der Waals surface area contributed by atoms with E-state index in [1.165, 1.54) is 0 Å². The van der Waals surface area contributed by atoms with Crippen LogP contribution in [0, 0.1) is 38.0 Å². The highest BCUT2D eigenvalue weighted by molar-refractivity contribution is 5.59. The summed E-state index contributed by atoms with van der Waals surface area (Å²) in [5.74, 6) is 2.20. The van der Waals surface area contributed by atoms with Gasteiger partial charge < -0.3 is 14.1 Å². The van der Waals surface area contributed by atoms with Gasteiger partial charge in [-0.05, 0) is 25.5 Å². The first-order valence-electron chi connectivity index (χ1n) is 8.05. The molecule has 2 saturated heterocycles. The Morgan fingerprint density at radius 2 is 2.17 bits per heavy atom. The fourth-order valence-electron chi connectivity index (χ4n) is 3.88. The molecule has 2 aliphatic rings.